The van der Waals surface area contributed by atoms with Gasteiger partial charge in [0, 0.05) is 25.0 Å². The number of ether oxygens (including phenoxy) is 2. The topological polar surface area (TPSA) is 54.9 Å². The predicted octanol–water partition coefficient (Wildman–Crippen LogP) is 3.35. The third kappa shape index (κ3) is 6.26. The lowest BCUT2D eigenvalue weighted by atomic mass is 10.1. The van der Waals surface area contributed by atoms with Crippen LogP contribution < -0.4 is 20.1 Å². The normalized spacial score (nSPS) is 12.5. The molecule has 0 aliphatic rings. The van der Waals surface area contributed by atoms with Crippen molar-refractivity contribution in [1.29, 1.82) is 0 Å². The van der Waals surface area contributed by atoms with Crippen LogP contribution in [0.25, 0.3) is 0 Å². The van der Waals surface area contributed by atoms with Crippen LogP contribution in [0.5, 0.6) is 11.5 Å². The lowest BCUT2D eigenvalue weighted by Crippen LogP contribution is -2.40. The molecule has 2 N–H and O–H groups in total. The highest BCUT2D eigenvalue weighted by Crippen LogP contribution is 2.24. The molecule has 0 fully saturated rings. The summed E-state index contributed by atoms with van der Waals surface area (Å²) in [5, 5.41) is 8.90. The average molecular weight is 376 g/mol. The van der Waals surface area contributed by atoms with E-state index in [1.54, 1.807) is 21.3 Å². The number of aliphatic imine (C=N–C) groups is 1. The first-order valence-corrected chi connectivity index (χ1v) is 9.72. The van der Waals surface area contributed by atoms with E-state index in [0.29, 0.717) is 5.92 Å². The number of nitrogens with one attached hydrogen (secondary N) is 2. The zero-order valence-electron chi connectivity index (χ0n) is 16.0. The van der Waals surface area contributed by atoms with Gasteiger partial charge in [0.25, 0.3) is 0 Å². The maximum atomic E-state index is 5.43. The Bertz CT molecular complexity index is 686. The van der Waals surface area contributed by atoms with E-state index >= 15 is 0 Å². The molecule has 1 aromatic carbocycles. The third-order valence-corrected chi connectivity index (χ3v) is 5.04. The molecule has 2 rings (SSSR count). The van der Waals surface area contributed by atoms with Crippen molar-refractivity contribution in [2.75, 3.05) is 34.4 Å². The molecule has 0 bridgehead atoms. The largest absolute Gasteiger partial charge is 0.497 e. The number of thiophene rings is 1. The lowest BCUT2D eigenvalue weighted by Gasteiger charge is -2.16. The molecule has 2 aromatic rings. The molecule has 0 saturated carbocycles. The average Bonchev–Trinajstić information content (AvgIpc) is 3.17. The Hall–Kier alpha value is -2.21. The second kappa shape index (κ2) is 10.7. The first kappa shape index (κ1) is 20.1. The van der Waals surface area contributed by atoms with Crippen molar-refractivity contribution in [1.82, 2.24) is 10.6 Å². The Morgan fingerprint density at radius 3 is 2.69 bits per heavy atom. The summed E-state index contributed by atoms with van der Waals surface area (Å²) in [7, 11) is 5.16. The van der Waals surface area contributed by atoms with Gasteiger partial charge in [-0.2, -0.15) is 0 Å². The van der Waals surface area contributed by atoms with E-state index in [4.69, 9.17) is 9.47 Å². The van der Waals surface area contributed by atoms with Gasteiger partial charge < -0.3 is 20.1 Å². The number of guanidine groups is 1. The van der Waals surface area contributed by atoms with Crippen molar-refractivity contribution in [3.05, 3.63) is 46.2 Å². The first-order chi connectivity index (χ1) is 12.7. The van der Waals surface area contributed by atoms with Crippen molar-refractivity contribution in [3.63, 3.8) is 0 Å². The Kier molecular flexibility index (Phi) is 8.28. The summed E-state index contributed by atoms with van der Waals surface area (Å²) in [6.07, 6.45) is 1.91. The highest BCUT2D eigenvalue weighted by Gasteiger charge is 2.08. The summed E-state index contributed by atoms with van der Waals surface area (Å²) in [6.45, 7) is 3.91. The van der Waals surface area contributed by atoms with Crippen LogP contribution in [0, 0.1) is 5.92 Å². The van der Waals surface area contributed by atoms with Crippen molar-refractivity contribution < 1.29 is 9.47 Å². The number of rotatable bonds is 9. The second-order valence-corrected chi connectivity index (χ2v) is 7.23. The molecule has 0 aliphatic carbocycles. The molecular weight excluding hydrogens is 346 g/mol. The second-order valence-electron chi connectivity index (χ2n) is 6.20. The molecule has 1 aromatic heterocycles. The summed E-state index contributed by atoms with van der Waals surface area (Å²) < 4.78 is 10.7. The standard InChI is InChI=1S/C20H29N3O2S/c1-15(12-18-6-5-11-26-18)14-23-20(21-2)22-10-9-16-13-17(24-3)7-8-19(16)25-4/h5-8,11,13,15H,9-10,12,14H2,1-4H3,(H2,21,22,23). The molecule has 1 atom stereocenters. The molecule has 0 saturated heterocycles. The van der Waals surface area contributed by atoms with E-state index in [-0.39, 0.29) is 0 Å². The Morgan fingerprint density at radius 2 is 2.04 bits per heavy atom. The van der Waals surface area contributed by atoms with Crippen LogP contribution in [-0.4, -0.2) is 40.3 Å². The fraction of sp³-hybridized carbons (Fsp3) is 0.450. The molecule has 1 unspecified atom stereocenters. The van der Waals surface area contributed by atoms with Crippen LogP contribution >= 0.6 is 11.3 Å². The lowest BCUT2D eigenvalue weighted by molar-refractivity contribution is 0.398. The van der Waals surface area contributed by atoms with Crippen LogP contribution in [-0.2, 0) is 12.8 Å². The zero-order valence-corrected chi connectivity index (χ0v) is 16.9. The molecule has 0 amide bonds. The summed E-state index contributed by atoms with van der Waals surface area (Å²) in [6, 6.07) is 10.2. The quantitative estimate of drug-likeness (QED) is 0.521. The summed E-state index contributed by atoms with van der Waals surface area (Å²) in [5.41, 5.74) is 1.11. The van der Waals surface area contributed by atoms with E-state index < -0.39 is 0 Å². The summed E-state index contributed by atoms with van der Waals surface area (Å²) in [5.74, 6) is 3.08. The van der Waals surface area contributed by atoms with Gasteiger partial charge in [0.1, 0.15) is 11.5 Å². The van der Waals surface area contributed by atoms with Gasteiger partial charge in [-0.3, -0.25) is 4.99 Å². The maximum absolute atomic E-state index is 5.43. The first-order valence-electron chi connectivity index (χ1n) is 8.84. The van der Waals surface area contributed by atoms with Crippen molar-refractivity contribution >= 4 is 17.3 Å². The molecule has 142 valence electrons. The van der Waals surface area contributed by atoms with Crippen LogP contribution in [0.15, 0.2) is 40.7 Å². The Labute approximate surface area is 160 Å². The minimum Gasteiger partial charge on any atom is -0.497 e. The Morgan fingerprint density at radius 1 is 1.19 bits per heavy atom. The van der Waals surface area contributed by atoms with Gasteiger partial charge in [-0.05, 0) is 54.0 Å². The van der Waals surface area contributed by atoms with Gasteiger partial charge in [0.2, 0.25) is 0 Å². The summed E-state index contributed by atoms with van der Waals surface area (Å²) in [4.78, 5) is 5.73. The van der Waals surface area contributed by atoms with Crippen LogP contribution in [0.4, 0.5) is 0 Å². The fourth-order valence-corrected chi connectivity index (χ4v) is 3.60. The molecule has 0 spiro atoms. The summed E-state index contributed by atoms with van der Waals surface area (Å²) >= 11 is 1.81. The van der Waals surface area contributed by atoms with E-state index in [9.17, 15) is 0 Å². The van der Waals surface area contributed by atoms with E-state index in [1.807, 2.05) is 29.5 Å². The van der Waals surface area contributed by atoms with Crippen molar-refractivity contribution in [3.8, 4) is 11.5 Å². The minimum atomic E-state index is 0.547. The van der Waals surface area contributed by atoms with Crippen LogP contribution in [0.3, 0.4) is 0 Å². The zero-order chi connectivity index (χ0) is 18.8. The van der Waals surface area contributed by atoms with Gasteiger partial charge in [0.05, 0.1) is 14.2 Å². The van der Waals surface area contributed by atoms with E-state index in [1.165, 1.54) is 4.88 Å². The highest BCUT2D eigenvalue weighted by molar-refractivity contribution is 7.09. The van der Waals surface area contributed by atoms with E-state index in [0.717, 1.165) is 49.0 Å². The fourth-order valence-electron chi connectivity index (χ4n) is 2.73. The van der Waals surface area contributed by atoms with Crippen molar-refractivity contribution in [2.45, 2.75) is 19.8 Å². The molecule has 6 heteroatoms. The molecule has 0 aliphatic heterocycles. The molecule has 26 heavy (non-hydrogen) atoms. The molecule has 1 heterocycles. The highest BCUT2D eigenvalue weighted by atomic mass is 32.1. The number of methoxy groups -OCH3 is 2. The molecular formula is C20H29N3O2S. The van der Waals surface area contributed by atoms with E-state index in [2.05, 4.69) is 40.1 Å². The van der Waals surface area contributed by atoms with Gasteiger partial charge in [0.15, 0.2) is 5.96 Å². The molecule has 0 radical (unpaired) electrons. The number of nitrogens with zero attached hydrogens (tertiary/aromatic N) is 1. The number of benzene rings is 1. The number of hydrogen-bond donors (Lipinski definition) is 2. The van der Waals surface area contributed by atoms with Crippen LogP contribution in [0.1, 0.15) is 17.4 Å². The van der Waals surface area contributed by atoms with Crippen LogP contribution in [0.2, 0.25) is 0 Å². The van der Waals surface area contributed by atoms with Gasteiger partial charge in [-0.1, -0.05) is 13.0 Å². The SMILES string of the molecule is CN=C(NCCc1cc(OC)ccc1OC)NCC(C)Cc1cccs1. The van der Waals surface area contributed by atoms with Gasteiger partial charge in [-0.15, -0.1) is 11.3 Å². The smallest absolute Gasteiger partial charge is 0.190 e. The van der Waals surface area contributed by atoms with Gasteiger partial charge >= 0.3 is 0 Å². The molecule has 5 nitrogen and oxygen atoms in total. The van der Waals surface area contributed by atoms with Gasteiger partial charge in [-0.25, -0.2) is 0 Å². The monoisotopic (exact) mass is 375 g/mol. The van der Waals surface area contributed by atoms with Crippen molar-refractivity contribution in [2.24, 2.45) is 10.9 Å². The Balaban J connectivity index is 1.78. The minimum absolute atomic E-state index is 0.547. The third-order valence-electron chi connectivity index (χ3n) is 4.15. The maximum Gasteiger partial charge on any atom is 0.190 e. The number of hydrogen-bond acceptors (Lipinski definition) is 4. The predicted molar refractivity (Wildman–Crippen MR) is 110 cm³/mol.